The number of halogens is 4. The fourth-order valence-electron chi connectivity index (χ4n) is 4.07. The number of carbonyl (C=O) groups excluding carboxylic acids is 1. The summed E-state index contributed by atoms with van der Waals surface area (Å²) in [6, 6.07) is 5.06. The molecule has 28 heavy (non-hydrogen) atoms. The van der Waals surface area contributed by atoms with Gasteiger partial charge in [0.15, 0.2) is 5.82 Å². The summed E-state index contributed by atoms with van der Waals surface area (Å²) < 4.78 is 51.7. The summed E-state index contributed by atoms with van der Waals surface area (Å²) in [5.41, 5.74) is -0.140. The van der Waals surface area contributed by atoms with E-state index in [1.165, 1.54) is 6.07 Å². The summed E-state index contributed by atoms with van der Waals surface area (Å²) in [6.07, 6.45) is -0.818. The molecule has 9 heteroatoms. The first-order valence-corrected chi connectivity index (χ1v) is 9.03. The van der Waals surface area contributed by atoms with Crippen LogP contribution in [0.2, 0.25) is 0 Å². The van der Waals surface area contributed by atoms with Crippen LogP contribution in [0.1, 0.15) is 24.0 Å². The van der Waals surface area contributed by atoms with E-state index in [1.54, 1.807) is 11.0 Å². The summed E-state index contributed by atoms with van der Waals surface area (Å²) >= 11 is 0. The lowest BCUT2D eigenvalue weighted by Gasteiger charge is -2.25. The maximum atomic E-state index is 13.1. The van der Waals surface area contributed by atoms with Gasteiger partial charge in [0.2, 0.25) is 11.9 Å². The number of benzene rings is 1. The zero-order valence-corrected chi connectivity index (χ0v) is 14.9. The third-order valence-electron chi connectivity index (χ3n) is 5.37. The third-order valence-corrected chi connectivity index (χ3v) is 5.37. The van der Waals surface area contributed by atoms with Crippen molar-refractivity contribution in [1.29, 1.82) is 0 Å². The first kappa shape index (κ1) is 18.6. The molecule has 0 aliphatic carbocycles. The van der Waals surface area contributed by atoms with Crippen LogP contribution >= 0.6 is 0 Å². The average Bonchev–Trinajstić information content (AvgIpc) is 3.19. The summed E-state index contributed by atoms with van der Waals surface area (Å²) in [4.78, 5) is 24.1. The molecule has 0 radical (unpaired) electrons. The second-order valence-electron chi connectivity index (χ2n) is 7.06. The zero-order valence-electron chi connectivity index (χ0n) is 14.9. The summed E-state index contributed by atoms with van der Waals surface area (Å²) in [5.74, 6) is -0.167. The van der Waals surface area contributed by atoms with Crippen LogP contribution in [0.15, 0.2) is 36.7 Å². The lowest BCUT2D eigenvalue weighted by atomic mass is 10.1. The number of hydrogen-bond donors (Lipinski definition) is 0. The van der Waals surface area contributed by atoms with Crippen LogP contribution in [-0.4, -0.2) is 45.9 Å². The smallest absolute Gasteiger partial charge is 0.337 e. The SMILES string of the molecule is O=C1C[C@H]2[C@H](CCN2c2ncc(F)cn2)N1CCc1cccc(C(F)(F)F)c1. The Balaban J connectivity index is 1.44. The van der Waals surface area contributed by atoms with Crippen molar-refractivity contribution < 1.29 is 22.4 Å². The Bertz CT molecular complexity index is 871. The molecule has 0 N–H and O–H groups in total. The molecule has 2 aliphatic rings. The number of rotatable bonds is 4. The van der Waals surface area contributed by atoms with Crippen LogP contribution in [-0.2, 0) is 17.4 Å². The van der Waals surface area contributed by atoms with Crippen molar-refractivity contribution in [2.45, 2.75) is 37.5 Å². The molecule has 0 spiro atoms. The topological polar surface area (TPSA) is 49.3 Å². The number of aromatic nitrogens is 2. The molecule has 1 aromatic heterocycles. The van der Waals surface area contributed by atoms with E-state index in [0.29, 0.717) is 37.4 Å². The molecule has 5 nitrogen and oxygen atoms in total. The Hall–Kier alpha value is -2.71. The average molecular weight is 394 g/mol. The Morgan fingerprint density at radius 3 is 2.61 bits per heavy atom. The highest BCUT2D eigenvalue weighted by atomic mass is 19.4. The molecule has 2 fully saturated rings. The molecule has 0 unspecified atom stereocenters. The van der Waals surface area contributed by atoms with E-state index in [2.05, 4.69) is 9.97 Å². The summed E-state index contributed by atoms with van der Waals surface area (Å²) in [6.45, 7) is 1.01. The van der Waals surface area contributed by atoms with Gasteiger partial charge in [0.25, 0.3) is 0 Å². The molecule has 148 valence electrons. The third kappa shape index (κ3) is 3.53. The van der Waals surface area contributed by atoms with Crippen LogP contribution in [0.5, 0.6) is 0 Å². The normalized spacial score (nSPS) is 22.1. The van der Waals surface area contributed by atoms with Crippen LogP contribution in [0.25, 0.3) is 0 Å². The molecular weight excluding hydrogens is 376 g/mol. The van der Waals surface area contributed by atoms with Crippen molar-refractivity contribution in [3.63, 3.8) is 0 Å². The molecule has 0 saturated carbocycles. The van der Waals surface area contributed by atoms with Gasteiger partial charge in [-0.05, 0) is 24.5 Å². The number of fused-ring (bicyclic) bond motifs is 1. The zero-order chi connectivity index (χ0) is 19.9. The van der Waals surface area contributed by atoms with Crippen LogP contribution < -0.4 is 4.90 Å². The Morgan fingerprint density at radius 1 is 1.14 bits per heavy atom. The minimum Gasteiger partial charge on any atom is -0.337 e. The first-order valence-electron chi connectivity index (χ1n) is 9.03. The number of carbonyl (C=O) groups is 1. The van der Waals surface area contributed by atoms with Crippen molar-refractivity contribution in [3.05, 3.63) is 53.6 Å². The quantitative estimate of drug-likeness (QED) is 0.748. The fourth-order valence-corrected chi connectivity index (χ4v) is 4.07. The number of hydrogen-bond acceptors (Lipinski definition) is 4. The van der Waals surface area contributed by atoms with E-state index in [9.17, 15) is 22.4 Å². The number of nitrogens with zero attached hydrogens (tertiary/aromatic N) is 4. The van der Waals surface area contributed by atoms with Gasteiger partial charge in [-0.2, -0.15) is 13.2 Å². The van der Waals surface area contributed by atoms with Gasteiger partial charge in [0, 0.05) is 19.5 Å². The highest BCUT2D eigenvalue weighted by molar-refractivity contribution is 5.81. The summed E-state index contributed by atoms with van der Waals surface area (Å²) in [7, 11) is 0. The van der Waals surface area contributed by atoms with E-state index in [-0.39, 0.29) is 18.0 Å². The number of amides is 1. The van der Waals surface area contributed by atoms with Gasteiger partial charge in [0.05, 0.1) is 30.0 Å². The van der Waals surface area contributed by atoms with Gasteiger partial charge in [-0.25, -0.2) is 14.4 Å². The fraction of sp³-hybridized carbons (Fsp3) is 0.421. The van der Waals surface area contributed by atoms with Gasteiger partial charge < -0.3 is 9.80 Å². The highest BCUT2D eigenvalue weighted by Gasteiger charge is 2.47. The molecular formula is C19H18F4N4O. The van der Waals surface area contributed by atoms with E-state index < -0.39 is 17.6 Å². The van der Waals surface area contributed by atoms with E-state index >= 15 is 0 Å². The maximum Gasteiger partial charge on any atom is 0.416 e. The number of likely N-dealkylation sites (tertiary alicyclic amines) is 1. The minimum absolute atomic E-state index is 0.0335. The van der Waals surface area contributed by atoms with Crippen LogP contribution in [0.4, 0.5) is 23.5 Å². The molecule has 2 aliphatic heterocycles. The van der Waals surface area contributed by atoms with Gasteiger partial charge >= 0.3 is 6.18 Å². The molecule has 4 rings (SSSR count). The van der Waals surface area contributed by atoms with Crippen molar-refractivity contribution in [1.82, 2.24) is 14.9 Å². The van der Waals surface area contributed by atoms with Gasteiger partial charge in [-0.15, -0.1) is 0 Å². The lowest BCUT2D eigenvalue weighted by Crippen LogP contribution is -2.38. The maximum absolute atomic E-state index is 13.1. The van der Waals surface area contributed by atoms with Gasteiger partial charge in [0.1, 0.15) is 0 Å². The highest BCUT2D eigenvalue weighted by Crippen LogP contribution is 2.35. The van der Waals surface area contributed by atoms with E-state index in [4.69, 9.17) is 0 Å². The minimum atomic E-state index is -4.38. The van der Waals surface area contributed by atoms with Crippen molar-refractivity contribution in [2.24, 2.45) is 0 Å². The lowest BCUT2D eigenvalue weighted by molar-refractivity contribution is -0.137. The second-order valence-corrected chi connectivity index (χ2v) is 7.06. The van der Waals surface area contributed by atoms with Crippen molar-refractivity contribution in [3.8, 4) is 0 Å². The van der Waals surface area contributed by atoms with Crippen LogP contribution in [0.3, 0.4) is 0 Å². The molecule has 1 aromatic carbocycles. The number of alkyl halides is 3. The Labute approximate surface area is 159 Å². The monoisotopic (exact) mass is 394 g/mol. The first-order chi connectivity index (χ1) is 13.3. The molecule has 2 saturated heterocycles. The molecule has 3 heterocycles. The molecule has 2 atom stereocenters. The molecule has 0 bridgehead atoms. The van der Waals surface area contributed by atoms with Gasteiger partial charge in [-0.1, -0.05) is 18.2 Å². The van der Waals surface area contributed by atoms with Crippen molar-refractivity contribution >= 4 is 11.9 Å². The predicted molar refractivity (Wildman–Crippen MR) is 93.0 cm³/mol. The Morgan fingerprint density at radius 2 is 1.89 bits per heavy atom. The number of anilines is 1. The summed E-state index contributed by atoms with van der Waals surface area (Å²) in [5, 5.41) is 0. The molecule has 2 aromatic rings. The van der Waals surface area contributed by atoms with E-state index in [0.717, 1.165) is 30.9 Å². The standard InChI is InChI=1S/C19H18F4N4O/c20-14-10-24-18(25-11-14)27-7-5-15-16(27)9-17(28)26(15)6-4-12-2-1-3-13(8-12)19(21,22)23/h1-3,8,10-11,15-16H,4-7,9H2/t15-,16-/m0/s1. The van der Waals surface area contributed by atoms with Gasteiger partial charge in [-0.3, -0.25) is 4.79 Å². The van der Waals surface area contributed by atoms with Crippen molar-refractivity contribution in [2.75, 3.05) is 18.0 Å². The second kappa shape index (κ2) is 7.03. The molecule has 1 amide bonds. The van der Waals surface area contributed by atoms with Crippen LogP contribution in [0, 0.1) is 5.82 Å². The van der Waals surface area contributed by atoms with E-state index in [1.807, 2.05) is 4.90 Å². The predicted octanol–water partition coefficient (Wildman–Crippen LogP) is 3.06. The largest absolute Gasteiger partial charge is 0.416 e. The Kier molecular flexibility index (Phi) is 4.68.